The molecule has 0 bridgehead atoms. The van der Waals surface area contributed by atoms with Gasteiger partial charge in [-0.1, -0.05) is 48.5 Å². The second kappa shape index (κ2) is 10.3. The molecule has 1 unspecified atom stereocenters. The minimum absolute atomic E-state index is 0.0955. The summed E-state index contributed by atoms with van der Waals surface area (Å²) < 4.78 is 40.7. The molecule has 0 fully saturated rings. The van der Waals surface area contributed by atoms with Crippen LogP contribution in [0.5, 0.6) is 0 Å². The van der Waals surface area contributed by atoms with E-state index in [1.165, 1.54) is 12.1 Å². The summed E-state index contributed by atoms with van der Waals surface area (Å²) in [5.74, 6) is -2.38. The van der Waals surface area contributed by atoms with Gasteiger partial charge in [-0.15, -0.1) is 11.3 Å². The third-order valence-electron chi connectivity index (χ3n) is 6.65. The Morgan fingerprint density at radius 1 is 1.00 bits per heavy atom. The molecule has 204 valence electrons. The highest BCUT2D eigenvalue weighted by molar-refractivity contribution is 7.17. The number of halogens is 3. The fraction of sp³-hybridized carbons (Fsp3) is 0.167. The van der Waals surface area contributed by atoms with E-state index in [2.05, 4.69) is 4.98 Å². The number of Topliss-reactive ketones (excluding diaryl/α,β-unsaturated/α-hetero) is 1. The van der Waals surface area contributed by atoms with Crippen LogP contribution < -0.4 is 9.80 Å². The molecule has 0 aliphatic carbocycles. The number of amides is 1. The third kappa shape index (κ3) is 4.86. The molecular formula is C30H24F3N3O3S. The molecule has 10 heteroatoms. The topological polar surface area (TPSA) is 73.7 Å². The first-order chi connectivity index (χ1) is 19.0. The summed E-state index contributed by atoms with van der Waals surface area (Å²) in [6.45, 7) is 1.66. The maximum absolute atomic E-state index is 14.0. The average molecular weight is 564 g/mol. The van der Waals surface area contributed by atoms with E-state index in [9.17, 15) is 27.9 Å². The number of aliphatic hydroxyl groups is 1. The molecule has 1 aliphatic rings. The number of ketones is 1. The van der Waals surface area contributed by atoms with Crippen LogP contribution in [-0.2, 0) is 11.0 Å². The first-order valence-corrected chi connectivity index (χ1v) is 13.1. The fourth-order valence-electron chi connectivity index (χ4n) is 4.64. The normalized spacial score (nSPS) is 15.6. The SMILES string of the molecule is Cc1nc(-c2ccccc2)sc1C(=O)C1=C(O)C(=O)N(c2cccc(C(F)(F)F)c2)C1c1ccc(N(C)C)cc1. The molecule has 0 spiro atoms. The van der Waals surface area contributed by atoms with Gasteiger partial charge in [0.1, 0.15) is 5.01 Å². The van der Waals surface area contributed by atoms with Crippen molar-refractivity contribution in [3.05, 3.63) is 112 Å². The van der Waals surface area contributed by atoms with Crippen LogP contribution >= 0.6 is 11.3 Å². The monoisotopic (exact) mass is 563 g/mol. The van der Waals surface area contributed by atoms with Gasteiger partial charge in [0, 0.05) is 31.0 Å². The number of carbonyl (C=O) groups excluding carboxylic acids is 2. The van der Waals surface area contributed by atoms with Gasteiger partial charge in [-0.05, 0) is 42.8 Å². The van der Waals surface area contributed by atoms with Crippen LogP contribution in [0.4, 0.5) is 24.5 Å². The molecule has 2 heterocycles. The second-order valence-corrected chi connectivity index (χ2v) is 10.5. The van der Waals surface area contributed by atoms with E-state index in [-0.39, 0.29) is 16.1 Å². The van der Waals surface area contributed by atoms with Gasteiger partial charge in [0.15, 0.2) is 5.76 Å². The summed E-state index contributed by atoms with van der Waals surface area (Å²) in [5.41, 5.74) is 1.25. The number of hydrogen-bond acceptors (Lipinski definition) is 6. The van der Waals surface area contributed by atoms with Crippen molar-refractivity contribution in [2.75, 3.05) is 23.9 Å². The number of anilines is 2. The highest BCUT2D eigenvalue weighted by Gasteiger charge is 2.46. The lowest BCUT2D eigenvalue weighted by molar-refractivity contribution is -0.137. The standard InChI is InChI=1S/C30H24F3N3O3S/c1-17-27(40-28(34-17)19-8-5-4-6-9-19)25(37)23-24(18-12-14-21(15-13-18)35(2)3)36(29(39)26(23)38)22-11-7-10-20(16-22)30(31,32)33/h4-16,24,38H,1-3H3. The molecule has 5 rings (SSSR count). The molecular weight excluding hydrogens is 539 g/mol. The molecule has 1 aromatic heterocycles. The zero-order chi connectivity index (χ0) is 28.8. The van der Waals surface area contributed by atoms with E-state index in [0.29, 0.717) is 16.3 Å². The van der Waals surface area contributed by atoms with Gasteiger partial charge in [-0.2, -0.15) is 13.2 Å². The van der Waals surface area contributed by atoms with Crippen molar-refractivity contribution in [1.82, 2.24) is 4.98 Å². The van der Waals surface area contributed by atoms with Crippen molar-refractivity contribution in [2.45, 2.75) is 19.1 Å². The van der Waals surface area contributed by atoms with Crippen LogP contribution in [0.2, 0.25) is 0 Å². The molecule has 1 amide bonds. The Bertz CT molecular complexity index is 1630. The first kappa shape index (κ1) is 27.1. The molecule has 0 saturated heterocycles. The quantitative estimate of drug-likeness (QED) is 0.256. The molecule has 3 aromatic carbocycles. The number of aliphatic hydroxyl groups excluding tert-OH is 1. The van der Waals surface area contributed by atoms with Crippen LogP contribution in [-0.4, -0.2) is 35.9 Å². The Morgan fingerprint density at radius 3 is 2.30 bits per heavy atom. The lowest BCUT2D eigenvalue weighted by Gasteiger charge is -2.28. The van der Waals surface area contributed by atoms with Gasteiger partial charge in [-0.25, -0.2) is 4.98 Å². The highest BCUT2D eigenvalue weighted by Crippen LogP contribution is 2.44. The van der Waals surface area contributed by atoms with Gasteiger partial charge >= 0.3 is 6.18 Å². The second-order valence-electron chi connectivity index (χ2n) is 9.50. The van der Waals surface area contributed by atoms with E-state index in [1.807, 2.05) is 49.3 Å². The number of nitrogens with zero attached hydrogens (tertiary/aromatic N) is 3. The van der Waals surface area contributed by atoms with Crippen LogP contribution in [0.15, 0.2) is 90.2 Å². The Balaban J connectivity index is 1.64. The Labute approximate surface area is 232 Å². The number of carbonyl (C=O) groups is 2. The fourth-order valence-corrected chi connectivity index (χ4v) is 5.67. The molecule has 0 radical (unpaired) electrons. The summed E-state index contributed by atoms with van der Waals surface area (Å²) in [6, 6.07) is 19.3. The molecule has 6 nitrogen and oxygen atoms in total. The van der Waals surface area contributed by atoms with Crippen LogP contribution in [0.3, 0.4) is 0 Å². The molecule has 1 aliphatic heterocycles. The number of aromatic nitrogens is 1. The minimum atomic E-state index is -4.65. The van der Waals surface area contributed by atoms with E-state index >= 15 is 0 Å². The Kier molecular flexibility index (Phi) is 6.97. The molecule has 0 saturated carbocycles. The maximum Gasteiger partial charge on any atom is 0.416 e. The average Bonchev–Trinajstić information content (AvgIpc) is 3.45. The van der Waals surface area contributed by atoms with Crippen LogP contribution in [0, 0.1) is 6.92 Å². The molecule has 1 atom stereocenters. The zero-order valence-electron chi connectivity index (χ0n) is 21.7. The molecule has 1 N–H and O–H groups in total. The van der Waals surface area contributed by atoms with Crippen molar-refractivity contribution < 1.29 is 27.9 Å². The van der Waals surface area contributed by atoms with Gasteiger partial charge < -0.3 is 10.0 Å². The first-order valence-electron chi connectivity index (χ1n) is 12.3. The minimum Gasteiger partial charge on any atom is -0.503 e. The lowest BCUT2D eigenvalue weighted by atomic mass is 9.94. The Hall–Kier alpha value is -4.44. The van der Waals surface area contributed by atoms with Crippen LogP contribution in [0.1, 0.15) is 32.5 Å². The van der Waals surface area contributed by atoms with Gasteiger partial charge in [0.2, 0.25) is 5.78 Å². The van der Waals surface area contributed by atoms with Crippen LogP contribution in [0.25, 0.3) is 10.6 Å². The number of alkyl halides is 3. The molecule has 4 aromatic rings. The largest absolute Gasteiger partial charge is 0.503 e. The van der Waals surface area contributed by atoms with E-state index in [0.717, 1.165) is 39.6 Å². The maximum atomic E-state index is 14.0. The van der Waals surface area contributed by atoms with Crippen molar-refractivity contribution >= 4 is 34.4 Å². The molecule has 40 heavy (non-hydrogen) atoms. The smallest absolute Gasteiger partial charge is 0.416 e. The lowest BCUT2D eigenvalue weighted by Crippen LogP contribution is -2.31. The number of rotatable bonds is 6. The summed E-state index contributed by atoms with van der Waals surface area (Å²) >= 11 is 1.13. The van der Waals surface area contributed by atoms with Gasteiger partial charge in [0.05, 0.1) is 27.7 Å². The number of thiazole rings is 1. The van der Waals surface area contributed by atoms with E-state index < -0.39 is 35.2 Å². The highest BCUT2D eigenvalue weighted by atomic mass is 32.1. The van der Waals surface area contributed by atoms with Crippen molar-refractivity contribution in [1.29, 1.82) is 0 Å². The van der Waals surface area contributed by atoms with Crippen molar-refractivity contribution in [2.24, 2.45) is 0 Å². The summed E-state index contributed by atoms with van der Waals surface area (Å²) in [6.07, 6.45) is -4.65. The zero-order valence-corrected chi connectivity index (χ0v) is 22.5. The predicted octanol–water partition coefficient (Wildman–Crippen LogP) is 6.99. The van der Waals surface area contributed by atoms with Crippen molar-refractivity contribution in [3.63, 3.8) is 0 Å². The van der Waals surface area contributed by atoms with Gasteiger partial charge in [-0.3, -0.25) is 14.5 Å². The van der Waals surface area contributed by atoms with Gasteiger partial charge in [0.25, 0.3) is 5.91 Å². The Morgan fingerprint density at radius 2 is 1.68 bits per heavy atom. The summed E-state index contributed by atoms with van der Waals surface area (Å²) in [5, 5.41) is 11.7. The number of benzene rings is 3. The summed E-state index contributed by atoms with van der Waals surface area (Å²) in [7, 11) is 3.70. The number of aryl methyl sites for hydroxylation is 1. The van der Waals surface area contributed by atoms with E-state index in [1.54, 1.807) is 31.2 Å². The number of hydrogen-bond donors (Lipinski definition) is 1. The third-order valence-corrected chi connectivity index (χ3v) is 7.86. The van der Waals surface area contributed by atoms with Crippen molar-refractivity contribution in [3.8, 4) is 10.6 Å². The summed E-state index contributed by atoms with van der Waals surface area (Å²) in [4.78, 5) is 35.1. The van der Waals surface area contributed by atoms with E-state index in [4.69, 9.17) is 0 Å². The predicted molar refractivity (Wildman–Crippen MR) is 149 cm³/mol.